The summed E-state index contributed by atoms with van der Waals surface area (Å²) in [5.74, 6) is -0.255. The van der Waals surface area contributed by atoms with Crippen molar-refractivity contribution >= 4 is 5.71 Å². The molecule has 1 saturated heterocycles. The molecule has 1 aromatic rings. The Bertz CT molecular complexity index is 400. The Morgan fingerprint density at radius 3 is 2.94 bits per heavy atom. The van der Waals surface area contributed by atoms with Gasteiger partial charge in [-0.2, -0.15) is 0 Å². The smallest absolute Gasteiger partial charge is 0.144 e. The summed E-state index contributed by atoms with van der Waals surface area (Å²) in [7, 11) is 0. The predicted molar refractivity (Wildman–Crippen MR) is 67.2 cm³/mol. The summed E-state index contributed by atoms with van der Waals surface area (Å²) in [4.78, 5) is 5.25. The molecule has 5 heteroatoms. The molecule has 1 heterocycles. The van der Waals surface area contributed by atoms with Crippen molar-refractivity contribution in [2.24, 2.45) is 5.16 Å². The van der Waals surface area contributed by atoms with Crippen molar-refractivity contribution in [1.82, 2.24) is 5.32 Å². The highest BCUT2D eigenvalue weighted by Crippen LogP contribution is 2.05. The minimum Gasteiger partial charge on any atom is -0.393 e. The second-order valence-electron chi connectivity index (χ2n) is 4.18. The van der Waals surface area contributed by atoms with E-state index in [4.69, 9.17) is 9.57 Å². The Morgan fingerprint density at radius 2 is 2.28 bits per heavy atom. The van der Waals surface area contributed by atoms with Gasteiger partial charge < -0.3 is 14.9 Å². The van der Waals surface area contributed by atoms with Crippen molar-refractivity contribution in [1.29, 1.82) is 0 Å². The topological polar surface area (TPSA) is 42.8 Å². The maximum Gasteiger partial charge on any atom is 0.144 e. The second-order valence-corrected chi connectivity index (χ2v) is 4.18. The van der Waals surface area contributed by atoms with Gasteiger partial charge in [-0.25, -0.2) is 4.39 Å². The van der Waals surface area contributed by atoms with Crippen LogP contribution in [-0.4, -0.2) is 38.1 Å². The van der Waals surface area contributed by atoms with E-state index in [1.165, 1.54) is 12.1 Å². The van der Waals surface area contributed by atoms with Gasteiger partial charge in [0.2, 0.25) is 0 Å². The number of ether oxygens (including phenoxy) is 1. The Kier molecular flexibility index (Phi) is 4.66. The molecule has 1 unspecified atom stereocenters. The van der Waals surface area contributed by atoms with Gasteiger partial charge >= 0.3 is 0 Å². The maximum absolute atomic E-state index is 12.8. The van der Waals surface area contributed by atoms with E-state index in [0.717, 1.165) is 24.4 Å². The van der Waals surface area contributed by atoms with Crippen LogP contribution in [0, 0.1) is 5.82 Å². The van der Waals surface area contributed by atoms with Crippen molar-refractivity contribution in [3.05, 3.63) is 35.6 Å². The fourth-order valence-corrected chi connectivity index (χ4v) is 1.69. The number of halogens is 1. The van der Waals surface area contributed by atoms with Crippen LogP contribution in [-0.2, 0) is 9.57 Å². The number of oxime groups is 1. The second kappa shape index (κ2) is 6.47. The lowest BCUT2D eigenvalue weighted by Crippen LogP contribution is -2.40. The Morgan fingerprint density at radius 1 is 1.50 bits per heavy atom. The van der Waals surface area contributed by atoms with Gasteiger partial charge in [-0.15, -0.1) is 0 Å². The molecule has 0 radical (unpaired) electrons. The molecule has 1 aliphatic rings. The summed E-state index contributed by atoms with van der Waals surface area (Å²) < 4.78 is 18.2. The van der Waals surface area contributed by atoms with E-state index in [1.807, 2.05) is 6.92 Å². The lowest BCUT2D eigenvalue weighted by molar-refractivity contribution is -0.0302. The number of nitrogens with one attached hydrogen (secondary N) is 1. The quantitative estimate of drug-likeness (QED) is 0.653. The van der Waals surface area contributed by atoms with Gasteiger partial charge in [0.15, 0.2) is 0 Å². The highest BCUT2D eigenvalue weighted by molar-refractivity contribution is 5.98. The zero-order chi connectivity index (χ0) is 12.8. The zero-order valence-electron chi connectivity index (χ0n) is 10.4. The van der Waals surface area contributed by atoms with Crippen LogP contribution in [0.4, 0.5) is 4.39 Å². The first-order chi connectivity index (χ1) is 8.75. The van der Waals surface area contributed by atoms with Crippen LogP contribution in [0.5, 0.6) is 0 Å². The number of hydrogen-bond acceptors (Lipinski definition) is 4. The molecule has 1 aromatic carbocycles. The average molecular weight is 252 g/mol. The fraction of sp³-hybridized carbons (Fsp3) is 0.462. The predicted octanol–water partition coefficient (Wildman–Crippen LogP) is 1.55. The van der Waals surface area contributed by atoms with Crippen LogP contribution < -0.4 is 5.32 Å². The average Bonchev–Trinajstić information content (AvgIpc) is 2.40. The lowest BCUT2D eigenvalue weighted by atomic mass is 10.1. The number of rotatable bonds is 4. The molecule has 0 aliphatic carbocycles. The molecule has 1 fully saturated rings. The minimum absolute atomic E-state index is 0.0449. The molecule has 4 nitrogen and oxygen atoms in total. The molecule has 98 valence electrons. The highest BCUT2D eigenvalue weighted by Gasteiger charge is 2.13. The first kappa shape index (κ1) is 13.0. The highest BCUT2D eigenvalue weighted by atomic mass is 19.1. The third kappa shape index (κ3) is 3.78. The summed E-state index contributed by atoms with van der Waals surface area (Å²) in [5.41, 5.74) is 1.57. The van der Waals surface area contributed by atoms with Gasteiger partial charge in [-0.3, -0.25) is 0 Å². The number of hydrogen-bond donors (Lipinski definition) is 1. The number of benzene rings is 1. The summed E-state index contributed by atoms with van der Waals surface area (Å²) >= 11 is 0. The summed E-state index contributed by atoms with van der Waals surface area (Å²) in [6.07, 6.45) is 0.0449. The van der Waals surface area contributed by atoms with Crippen LogP contribution in [0.1, 0.15) is 12.5 Å². The Balaban J connectivity index is 1.82. The fourth-order valence-electron chi connectivity index (χ4n) is 1.69. The van der Waals surface area contributed by atoms with E-state index in [1.54, 1.807) is 12.1 Å². The van der Waals surface area contributed by atoms with E-state index in [9.17, 15) is 4.39 Å². The Labute approximate surface area is 106 Å². The van der Waals surface area contributed by atoms with Crippen molar-refractivity contribution in [3.8, 4) is 0 Å². The molecule has 0 aromatic heterocycles. The first-order valence-electron chi connectivity index (χ1n) is 6.00. The van der Waals surface area contributed by atoms with Gasteiger partial charge in [0.05, 0.1) is 12.3 Å². The van der Waals surface area contributed by atoms with Crippen molar-refractivity contribution in [2.45, 2.75) is 13.0 Å². The van der Waals surface area contributed by atoms with Gasteiger partial charge in [0, 0.05) is 13.1 Å². The molecular weight excluding hydrogens is 235 g/mol. The Hall–Kier alpha value is -1.46. The summed E-state index contributed by atoms with van der Waals surface area (Å²) in [5, 5.41) is 7.22. The van der Waals surface area contributed by atoms with Crippen LogP contribution >= 0.6 is 0 Å². The van der Waals surface area contributed by atoms with E-state index in [2.05, 4.69) is 10.5 Å². The molecule has 0 amide bonds. The van der Waals surface area contributed by atoms with E-state index in [-0.39, 0.29) is 11.9 Å². The van der Waals surface area contributed by atoms with E-state index in [0.29, 0.717) is 13.2 Å². The monoisotopic (exact) mass is 252 g/mol. The minimum atomic E-state index is -0.255. The first-order valence-corrected chi connectivity index (χ1v) is 6.00. The summed E-state index contributed by atoms with van der Waals surface area (Å²) in [6, 6.07) is 6.16. The van der Waals surface area contributed by atoms with Crippen molar-refractivity contribution in [2.75, 3.05) is 26.3 Å². The summed E-state index contributed by atoms with van der Waals surface area (Å²) in [6.45, 7) is 4.62. The van der Waals surface area contributed by atoms with Crippen LogP contribution in [0.15, 0.2) is 29.4 Å². The largest absolute Gasteiger partial charge is 0.393 e. The molecule has 1 N–H and O–H groups in total. The number of morpholine rings is 1. The molecule has 0 bridgehead atoms. The van der Waals surface area contributed by atoms with E-state index >= 15 is 0 Å². The zero-order valence-corrected chi connectivity index (χ0v) is 10.4. The molecule has 1 atom stereocenters. The molecule has 0 spiro atoms. The van der Waals surface area contributed by atoms with E-state index < -0.39 is 0 Å². The molecule has 18 heavy (non-hydrogen) atoms. The van der Waals surface area contributed by atoms with Crippen LogP contribution in [0.25, 0.3) is 0 Å². The lowest BCUT2D eigenvalue weighted by Gasteiger charge is -2.22. The van der Waals surface area contributed by atoms with Gasteiger partial charge in [-0.1, -0.05) is 17.3 Å². The molecule has 0 saturated carbocycles. The van der Waals surface area contributed by atoms with Crippen molar-refractivity contribution in [3.63, 3.8) is 0 Å². The maximum atomic E-state index is 12.8. The molecule has 2 rings (SSSR count). The normalized spacial score (nSPS) is 20.8. The standard InChI is InChI=1S/C13H17FN2O2/c1-10(11-2-4-12(14)5-3-11)16-18-9-13-8-15-6-7-17-13/h2-5,13,15H,6-9H2,1H3/b16-10+. The van der Waals surface area contributed by atoms with Gasteiger partial charge in [0.25, 0.3) is 0 Å². The third-order valence-corrected chi connectivity index (χ3v) is 2.73. The van der Waals surface area contributed by atoms with Crippen molar-refractivity contribution < 1.29 is 14.0 Å². The van der Waals surface area contributed by atoms with Gasteiger partial charge in [0.1, 0.15) is 18.5 Å². The SMILES string of the molecule is C/C(=N\OCC1CNCCO1)c1ccc(F)cc1. The molecule has 1 aliphatic heterocycles. The van der Waals surface area contributed by atoms with Gasteiger partial charge in [-0.05, 0) is 24.6 Å². The van der Waals surface area contributed by atoms with Crippen LogP contribution in [0.2, 0.25) is 0 Å². The third-order valence-electron chi connectivity index (χ3n) is 2.73. The van der Waals surface area contributed by atoms with Crippen LogP contribution in [0.3, 0.4) is 0 Å². The molecular formula is C13H17FN2O2. The number of nitrogens with zero attached hydrogens (tertiary/aromatic N) is 1.